The van der Waals surface area contributed by atoms with Crippen molar-refractivity contribution in [1.29, 1.82) is 0 Å². The molecule has 5 rings (SSSR count). The number of alkyl halides is 2. The normalized spacial score (nSPS) is 16.5. The van der Waals surface area contributed by atoms with Crippen LogP contribution in [0, 0.1) is 0 Å². The molecule has 0 unspecified atom stereocenters. The lowest BCUT2D eigenvalue weighted by atomic mass is 9.88. The van der Waals surface area contributed by atoms with Crippen molar-refractivity contribution in [3.05, 3.63) is 47.4 Å². The van der Waals surface area contributed by atoms with Gasteiger partial charge in [-0.15, -0.1) is 10.2 Å². The lowest BCUT2D eigenvalue weighted by Crippen LogP contribution is -2.37. The lowest BCUT2D eigenvalue weighted by molar-refractivity contribution is -0.103. The zero-order valence-corrected chi connectivity index (χ0v) is 21.5. The van der Waals surface area contributed by atoms with E-state index in [2.05, 4.69) is 15.2 Å². The Morgan fingerprint density at radius 1 is 1.24 bits per heavy atom. The molecule has 200 valence electrons. The summed E-state index contributed by atoms with van der Waals surface area (Å²) in [4.78, 5) is 39.0. The molecule has 0 bridgehead atoms. The second-order valence-electron chi connectivity index (χ2n) is 10.0. The second kappa shape index (κ2) is 9.30. The van der Waals surface area contributed by atoms with Gasteiger partial charge in [-0.05, 0) is 32.0 Å². The van der Waals surface area contributed by atoms with Crippen LogP contribution in [0.2, 0.25) is 0 Å². The maximum atomic E-state index is 13.6. The maximum absolute atomic E-state index is 13.6. The number of fused-ring (bicyclic) bond motifs is 1. The average molecular weight is 527 g/mol. The molecule has 0 spiro atoms. The Balaban J connectivity index is 1.49. The monoisotopic (exact) mass is 526 g/mol. The van der Waals surface area contributed by atoms with E-state index in [1.54, 1.807) is 28.8 Å². The number of anilines is 2. The molecule has 0 radical (unpaired) electrons. The highest BCUT2D eigenvalue weighted by atomic mass is 19.3. The van der Waals surface area contributed by atoms with Crippen LogP contribution >= 0.6 is 0 Å². The van der Waals surface area contributed by atoms with Crippen molar-refractivity contribution in [3.8, 4) is 11.5 Å². The Hall–Kier alpha value is -4.16. The summed E-state index contributed by atoms with van der Waals surface area (Å²) in [6, 6.07) is 6.50. The van der Waals surface area contributed by atoms with Gasteiger partial charge in [0.25, 0.3) is 11.8 Å². The maximum Gasteiger partial charge on any atom is 0.407 e. The molecule has 1 fully saturated rings. The largest absolute Gasteiger partial charge is 0.465 e. The minimum atomic E-state index is -2.70. The zero-order valence-electron chi connectivity index (χ0n) is 21.5. The zero-order chi connectivity index (χ0) is 27.4. The van der Waals surface area contributed by atoms with E-state index < -0.39 is 18.1 Å². The summed E-state index contributed by atoms with van der Waals surface area (Å²) in [5.41, 5.74) is 1.97. The minimum absolute atomic E-state index is 0.0150. The number of halogens is 2. The third kappa shape index (κ3) is 4.52. The number of carboxylic acid groups (broad SMARTS) is 1. The Labute approximate surface area is 217 Å². The van der Waals surface area contributed by atoms with E-state index in [0.29, 0.717) is 40.0 Å². The Kier molecular flexibility index (Phi) is 6.24. The Bertz CT molecular complexity index is 1400. The molecular weight excluding hydrogens is 498 g/mol. The van der Waals surface area contributed by atoms with Crippen LogP contribution in [0.15, 0.2) is 30.6 Å². The van der Waals surface area contributed by atoms with Crippen LogP contribution in [0.4, 0.5) is 25.2 Å². The van der Waals surface area contributed by atoms with E-state index in [1.807, 2.05) is 25.8 Å². The van der Waals surface area contributed by atoms with E-state index in [9.17, 15) is 23.5 Å². The SMILES string of the molecule is CC(C)N(C)c1cc2c(c(CN(C)C(=O)O)n1)CN(c1cccc(-c3nncn3C3CC(F)(F)C3)n1)C2=O. The third-order valence-corrected chi connectivity index (χ3v) is 7.11. The number of hydrogen-bond acceptors (Lipinski definition) is 7. The molecule has 1 aliphatic heterocycles. The fourth-order valence-electron chi connectivity index (χ4n) is 4.62. The van der Waals surface area contributed by atoms with Gasteiger partial charge in [-0.25, -0.2) is 23.5 Å². The van der Waals surface area contributed by atoms with Crippen molar-refractivity contribution in [2.75, 3.05) is 23.9 Å². The fraction of sp³-hybridized carbons (Fsp3) is 0.440. The molecule has 0 atom stereocenters. The van der Waals surface area contributed by atoms with Crippen molar-refractivity contribution < 1.29 is 23.5 Å². The number of hydrogen-bond donors (Lipinski definition) is 1. The fourth-order valence-corrected chi connectivity index (χ4v) is 4.62. The van der Waals surface area contributed by atoms with Gasteiger partial charge in [-0.1, -0.05) is 6.07 Å². The number of aromatic nitrogens is 5. The van der Waals surface area contributed by atoms with Crippen molar-refractivity contribution in [3.63, 3.8) is 0 Å². The van der Waals surface area contributed by atoms with Gasteiger partial charge in [0.15, 0.2) is 5.82 Å². The van der Waals surface area contributed by atoms with Crippen LogP contribution in [0.1, 0.15) is 54.3 Å². The summed E-state index contributed by atoms with van der Waals surface area (Å²) < 4.78 is 28.6. The van der Waals surface area contributed by atoms with Gasteiger partial charge in [0.1, 0.15) is 23.7 Å². The van der Waals surface area contributed by atoms with Gasteiger partial charge in [-0.2, -0.15) is 0 Å². The molecule has 1 aliphatic carbocycles. The highest BCUT2D eigenvalue weighted by Crippen LogP contribution is 2.46. The van der Waals surface area contributed by atoms with E-state index in [4.69, 9.17) is 4.98 Å². The summed E-state index contributed by atoms with van der Waals surface area (Å²) in [7, 11) is 3.31. The lowest BCUT2D eigenvalue weighted by Gasteiger charge is -2.35. The summed E-state index contributed by atoms with van der Waals surface area (Å²) in [5.74, 6) is -1.71. The Morgan fingerprint density at radius 3 is 2.63 bits per heavy atom. The topological polar surface area (TPSA) is 121 Å². The van der Waals surface area contributed by atoms with Crippen LogP contribution in [0.25, 0.3) is 11.5 Å². The first kappa shape index (κ1) is 25.5. The number of nitrogens with zero attached hydrogens (tertiary/aromatic N) is 8. The summed E-state index contributed by atoms with van der Waals surface area (Å²) in [5, 5.41) is 17.4. The van der Waals surface area contributed by atoms with Gasteiger partial charge in [-0.3, -0.25) is 9.69 Å². The van der Waals surface area contributed by atoms with Crippen molar-refractivity contribution >= 4 is 23.6 Å². The predicted octanol–water partition coefficient (Wildman–Crippen LogP) is 3.82. The molecule has 1 N–H and O–H groups in total. The standard InChI is InChI=1S/C25H28F2N8O3/c1-14(2)33(4)21-8-16-17(19(30-21)12-32(3)24(37)38)11-34(23(16)36)20-7-5-6-18(29-20)22-31-28-13-35(22)15-9-25(26,27)10-15/h5-8,13-15H,9-12H2,1-4H3,(H,37,38). The first-order chi connectivity index (χ1) is 17.9. The van der Waals surface area contributed by atoms with E-state index in [0.717, 1.165) is 4.90 Å². The molecule has 2 aliphatic rings. The molecule has 11 nitrogen and oxygen atoms in total. The number of carbonyl (C=O) groups is 2. The van der Waals surface area contributed by atoms with E-state index in [-0.39, 0.29) is 37.9 Å². The number of pyridine rings is 2. The molecule has 2 amide bonds. The number of amides is 2. The van der Waals surface area contributed by atoms with E-state index in [1.165, 1.54) is 18.3 Å². The molecule has 38 heavy (non-hydrogen) atoms. The molecule has 4 heterocycles. The average Bonchev–Trinajstić information content (AvgIpc) is 3.47. The van der Waals surface area contributed by atoms with Gasteiger partial charge < -0.3 is 19.5 Å². The van der Waals surface area contributed by atoms with Gasteiger partial charge in [0.05, 0.1) is 24.3 Å². The first-order valence-electron chi connectivity index (χ1n) is 12.2. The molecule has 0 saturated heterocycles. The second-order valence-corrected chi connectivity index (χ2v) is 10.0. The Morgan fingerprint density at radius 2 is 1.97 bits per heavy atom. The summed E-state index contributed by atoms with van der Waals surface area (Å²) in [6.45, 7) is 4.16. The minimum Gasteiger partial charge on any atom is -0.465 e. The van der Waals surface area contributed by atoms with Gasteiger partial charge in [0.2, 0.25) is 0 Å². The third-order valence-electron chi connectivity index (χ3n) is 7.11. The van der Waals surface area contributed by atoms with Crippen LogP contribution in [0.5, 0.6) is 0 Å². The molecule has 3 aromatic heterocycles. The molecular formula is C25H28F2N8O3. The molecule has 0 aromatic carbocycles. The van der Waals surface area contributed by atoms with Crippen LogP contribution in [0.3, 0.4) is 0 Å². The van der Waals surface area contributed by atoms with Crippen LogP contribution in [-0.4, -0.2) is 72.8 Å². The van der Waals surface area contributed by atoms with Crippen molar-refractivity contribution in [2.24, 2.45) is 0 Å². The van der Waals surface area contributed by atoms with Gasteiger partial charge >= 0.3 is 6.09 Å². The molecule has 1 saturated carbocycles. The smallest absolute Gasteiger partial charge is 0.407 e. The first-order valence-corrected chi connectivity index (χ1v) is 12.2. The van der Waals surface area contributed by atoms with Gasteiger partial charge in [0, 0.05) is 44.6 Å². The number of rotatable bonds is 7. The van der Waals surface area contributed by atoms with Crippen LogP contribution in [-0.2, 0) is 13.1 Å². The highest BCUT2D eigenvalue weighted by Gasteiger charge is 2.47. The van der Waals surface area contributed by atoms with Crippen molar-refractivity contribution in [2.45, 2.75) is 57.8 Å². The highest BCUT2D eigenvalue weighted by molar-refractivity contribution is 6.10. The summed E-state index contributed by atoms with van der Waals surface area (Å²) in [6.07, 6.45) is -0.257. The summed E-state index contributed by atoms with van der Waals surface area (Å²) >= 11 is 0. The number of carbonyl (C=O) groups excluding carboxylic acids is 1. The molecule has 3 aromatic rings. The predicted molar refractivity (Wildman–Crippen MR) is 134 cm³/mol. The quantitative estimate of drug-likeness (QED) is 0.493. The van der Waals surface area contributed by atoms with Crippen LogP contribution < -0.4 is 9.80 Å². The van der Waals surface area contributed by atoms with E-state index >= 15 is 0 Å². The van der Waals surface area contributed by atoms with Crippen molar-refractivity contribution in [1.82, 2.24) is 29.6 Å². The molecule has 13 heteroatoms.